The Morgan fingerprint density at radius 2 is 0.892 bits per heavy atom. The number of hydrogen-bond acceptors (Lipinski definition) is 13. The van der Waals surface area contributed by atoms with E-state index in [-0.39, 0.29) is 27.7 Å². The van der Waals surface area contributed by atoms with E-state index in [0.717, 1.165) is 23.2 Å². The number of rotatable bonds is 11. The van der Waals surface area contributed by atoms with E-state index >= 15 is 0 Å². The van der Waals surface area contributed by atoms with Crippen molar-refractivity contribution in [3.05, 3.63) is 59.7 Å². The van der Waals surface area contributed by atoms with Crippen LogP contribution in [0.3, 0.4) is 0 Å². The van der Waals surface area contributed by atoms with Gasteiger partial charge in [0.2, 0.25) is 0 Å². The van der Waals surface area contributed by atoms with Gasteiger partial charge in [-0.15, -0.1) is 0 Å². The predicted octanol–water partition coefficient (Wildman–Crippen LogP) is 8.73. The van der Waals surface area contributed by atoms with Crippen molar-refractivity contribution in [3.63, 3.8) is 0 Å². The number of alkyl halides is 3. The first-order valence-electron chi connectivity index (χ1n) is 20.2. The summed E-state index contributed by atoms with van der Waals surface area (Å²) in [6, 6.07) is 10.1. The number of amides is 2. The van der Waals surface area contributed by atoms with Crippen molar-refractivity contribution in [2.24, 2.45) is 0 Å². The van der Waals surface area contributed by atoms with Crippen LogP contribution in [0.2, 0.25) is 0 Å². The van der Waals surface area contributed by atoms with Crippen LogP contribution in [-0.4, -0.2) is 90.9 Å². The van der Waals surface area contributed by atoms with Crippen LogP contribution in [0.1, 0.15) is 137 Å². The van der Waals surface area contributed by atoms with Gasteiger partial charge in [0.15, 0.2) is 0 Å². The fourth-order valence-corrected chi connectivity index (χ4v) is 5.61. The second kappa shape index (κ2) is 22.3. The molecule has 1 aliphatic heterocycles. The number of alkyl carbamates (subject to hydrolysis) is 2. The Morgan fingerprint density at radius 3 is 1.18 bits per heavy atom. The summed E-state index contributed by atoms with van der Waals surface area (Å²) in [5.74, 6) is -1.83. The van der Waals surface area contributed by atoms with Crippen LogP contribution in [-0.2, 0) is 60.8 Å². The van der Waals surface area contributed by atoms with Crippen molar-refractivity contribution in [3.8, 4) is 5.75 Å². The monoisotopic (exact) mass is 948 g/mol. The molecule has 3 rings (SSSR count). The highest BCUT2D eigenvalue weighted by Crippen LogP contribution is 2.36. The molecule has 370 valence electrons. The molecule has 0 radical (unpaired) electrons. The number of esters is 2. The maximum atomic E-state index is 12.8. The number of carbonyl (C=O) groups excluding carboxylic acids is 4. The van der Waals surface area contributed by atoms with Gasteiger partial charge >= 0.3 is 46.9 Å². The summed E-state index contributed by atoms with van der Waals surface area (Å²) in [6.45, 7) is 28.5. The summed E-state index contributed by atoms with van der Waals surface area (Å²) in [5, 5.41) is 5.06. The second-order valence-electron chi connectivity index (χ2n) is 19.8. The van der Waals surface area contributed by atoms with Crippen molar-refractivity contribution < 1.29 is 73.2 Å². The van der Waals surface area contributed by atoms with Crippen LogP contribution in [0.15, 0.2) is 48.5 Å². The van der Waals surface area contributed by atoms with Gasteiger partial charge in [0.05, 0.1) is 11.2 Å². The molecule has 1 aliphatic rings. The highest BCUT2D eigenvalue weighted by Gasteiger charge is 2.52. The molecule has 2 N–H and O–H groups in total. The van der Waals surface area contributed by atoms with Gasteiger partial charge in [-0.3, -0.25) is 0 Å². The third-order valence-corrected chi connectivity index (χ3v) is 9.54. The third kappa shape index (κ3) is 21.1. The van der Waals surface area contributed by atoms with Gasteiger partial charge in [0.1, 0.15) is 40.2 Å². The van der Waals surface area contributed by atoms with E-state index in [2.05, 4.69) is 14.8 Å². The Hall–Kier alpha value is -4.56. The minimum atomic E-state index is -5.80. The van der Waals surface area contributed by atoms with Crippen LogP contribution in [0.25, 0.3) is 0 Å². The molecule has 0 saturated carbocycles. The molecule has 20 heteroatoms. The first-order valence-corrected chi connectivity index (χ1v) is 21.6. The van der Waals surface area contributed by atoms with Crippen LogP contribution >= 0.6 is 0 Å². The van der Waals surface area contributed by atoms with Crippen molar-refractivity contribution >= 4 is 46.8 Å². The zero-order valence-corrected chi connectivity index (χ0v) is 39.9. The minimum absolute atomic E-state index is 0. The largest absolute Gasteiger partial charge is 0.534 e. The van der Waals surface area contributed by atoms with Gasteiger partial charge in [-0.05, 0) is 140 Å². The van der Waals surface area contributed by atoms with Gasteiger partial charge in [0, 0.05) is 12.8 Å². The molecule has 0 aromatic heterocycles. The first-order chi connectivity index (χ1) is 28.2. The van der Waals surface area contributed by atoms with Crippen LogP contribution < -0.4 is 20.3 Å². The lowest BCUT2D eigenvalue weighted by molar-refractivity contribution is -0.158. The lowest BCUT2D eigenvalue weighted by atomic mass is 9.78. The van der Waals surface area contributed by atoms with Gasteiger partial charge < -0.3 is 43.1 Å². The van der Waals surface area contributed by atoms with E-state index < -0.39 is 98.3 Å². The molecule has 2 aromatic rings. The van der Waals surface area contributed by atoms with E-state index in [1.807, 2.05) is 52.0 Å². The Labute approximate surface area is 384 Å². The highest BCUT2D eigenvalue weighted by atomic mass is 32.2. The van der Waals surface area contributed by atoms with Crippen molar-refractivity contribution in [2.75, 3.05) is 0 Å². The summed E-state index contributed by atoms with van der Waals surface area (Å²) in [6.07, 6.45) is -1.36. The molecule has 2 atom stereocenters. The lowest BCUT2D eigenvalue weighted by Gasteiger charge is -2.32. The molecular formula is C45H72BF3N2O13S. The molecule has 0 unspecified atom stereocenters. The normalized spacial score (nSPS) is 15.8. The van der Waals surface area contributed by atoms with E-state index in [4.69, 9.17) is 28.3 Å². The summed E-state index contributed by atoms with van der Waals surface area (Å²) < 4.78 is 96.9. The molecule has 2 aromatic carbocycles. The maximum Gasteiger partial charge on any atom is 0.534 e. The molecular weight excluding hydrogens is 876 g/mol. The average Bonchev–Trinajstić information content (AvgIpc) is 3.27. The SMILES string of the molecule is C.C.CC(C)(C)OC(=O)N[C@@H](Cc1ccc(B2OC(C)(C)C(C)(C)O2)cc1)C(=O)OC(C)(C)C.CC(C)(C)OC(=O)N[C@@H](Cc1ccc(OS(=O)(=O)C(F)(F)F)cc1)C(=O)OC(C)(C)C. The highest BCUT2D eigenvalue weighted by molar-refractivity contribution is 7.88. The molecule has 1 heterocycles. The van der Waals surface area contributed by atoms with E-state index in [1.165, 1.54) is 12.1 Å². The number of nitrogens with one attached hydrogen (secondary N) is 2. The summed E-state index contributed by atoms with van der Waals surface area (Å²) >= 11 is 0. The van der Waals surface area contributed by atoms with Crippen molar-refractivity contribution in [2.45, 2.75) is 190 Å². The van der Waals surface area contributed by atoms with Gasteiger partial charge in [-0.2, -0.15) is 21.6 Å². The predicted molar refractivity (Wildman–Crippen MR) is 243 cm³/mol. The smallest absolute Gasteiger partial charge is 0.458 e. The standard InChI is InChI=1S/C24H38BNO6.C19H26F3NO7S.2CH4/c1-21(2,3)29-19(27)18(26-20(28)30-22(4,5)6)15-16-11-13-17(14-12-16)25-31-23(7,8)24(9,10)32-25;1-17(2,3)28-15(24)14(23-16(25)29-18(4,5)6)11-12-7-9-13(10-8-12)30-31(26,27)19(20,21)22;;/h11-14,18H,15H2,1-10H3,(H,26,28);7-10,14H,11H2,1-6H3,(H,23,25);2*1H4/t18-;14-;;/m00../s1. The Bertz CT molecular complexity index is 1980. The molecule has 1 fully saturated rings. The Balaban J connectivity index is 0.00000122. The summed E-state index contributed by atoms with van der Waals surface area (Å²) in [4.78, 5) is 49.7. The third-order valence-electron chi connectivity index (χ3n) is 8.56. The molecule has 0 aliphatic carbocycles. The molecule has 2 amide bonds. The fourth-order valence-electron chi connectivity index (χ4n) is 5.15. The molecule has 0 spiro atoms. The van der Waals surface area contributed by atoms with Crippen LogP contribution in [0, 0.1) is 0 Å². The first kappa shape index (κ1) is 60.4. The summed E-state index contributed by atoms with van der Waals surface area (Å²) in [5.41, 5.74) is -7.27. The van der Waals surface area contributed by atoms with Gasteiger partial charge in [-0.1, -0.05) is 51.3 Å². The fraction of sp³-hybridized carbons (Fsp3) is 0.644. The van der Waals surface area contributed by atoms with Gasteiger partial charge in [0.25, 0.3) is 0 Å². The quantitative estimate of drug-likeness (QED) is 0.0716. The number of benzene rings is 2. The topological polar surface area (TPSA) is 191 Å². The van der Waals surface area contributed by atoms with Crippen molar-refractivity contribution in [1.29, 1.82) is 0 Å². The molecule has 65 heavy (non-hydrogen) atoms. The Kier molecular flexibility index (Phi) is 20.7. The van der Waals surface area contributed by atoms with Crippen LogP contribution in [0.5, 0.6) is 5.75 Å². The zero-order valence-electron chi connectivity index (χ0n) is 39.1. The molecule has 1 saturated heterocycles. The Morgan fingerprint density at radius 1 is 0.585 bits per heavy atom. The minimum Gasteiger partial charge on any atom is -0.458 e. The summed E-state index contributed by atoms with van der Waals surface area (Å²) in [7, 11) is -6.26. The maximum absolute atomic E-state index is 12.8. The van der Waals surface area contributed by atoms with Gasteiger partial charge in [-0.25, -0.2) is 19.2 Å². The van der Waals surface area contributed by atoms with E-state index in [0.29, 0.717) is 5.56 Å². The number of hydrogen-bond donors (Lipinski definition) is 2. The zero-order chi connectivity index (χ0) is 48.8. The number of halogens is 3. The number of carbonyl (C=O) groups is 4. The second-order valence-corrected chi connectivity index (χ2v) is 21.4. The van der Waals surface area contributed by atoms with Crippen LogP contribution in [0.4, 0.5) is 22.8 Å². The average molecular weight is 949 g/mol. The molecule has 15 nitrogen and oxygen atoms in total. The lowest BCUT2D eigenvalue weighted by Crippen LogP contribution is -2.47. The molecule has 0 bridgehead atoms. The number of ether oxygens (including phenoxy) is 4. The van der Waals surface area contributed by atoms with Crippen molar-refractivity contribution in [1.82, 2.24) is 10.6 Å². The van der Waals surface area contributed by atoms with E-state index in [9.17, 15) is 40.8 Å². The van der Waals surface area contributed by atoms with E-state index in [1.54, 1.807) is 83.1 Å².